The van der Waals surface area contributed by atoms with E-state index < -0.39 is 31.5 Å². The van der Waals surface area contributed by atoms with Gasteiger partial charge < -0.3 is 14.6 Å². The zero-order valence-corrected chi connectivity index (χ0v) is 29.5. The van der Waals surface area contributed by atoms with Gasteiger partial charge in [0.1, 0.15) is 12.7 Å². The smallest absolute Gasteiger partial charge is 0.457 e. The van der Waals surface area contributed by atoms with Crippen molar-refractivity contribution in [2.75, 3.05) is 12.4 Å². The Balaban J connectivity index is 5.06. The van der Waals surface area contributed by atoms with Gasteiger partial charge in [-0.05, 0) is 57.3 Å². The normalized spacial score (nSPS) is 15.9. The molecule has 0 rings (SSSR count). The van der Waals surface area contributed by atoms with Crippen molar-refractivity contribution < 1.29 is 28.5 Å². The Kier molecular flexibility index (Phi) is 26.1. The van der Waals surface area contributed by atoms with Gasteiger partial charge in [-0.25, -0.2) is 4.79 Å². The second kappa shape index (κ2) is 26.2. The molecule has 244 valence electrons. The SMILES string of the molecule is CCCCCCCCCCCCSC(CCCCCCCC)C(C)OC(C)C(O)(C(=O)OC(C)C)[P+](=O)OCCC. The van der Waals surface area contributed by atoms with Gasteiger partial charge in [0.2, 0.25) is 0 Å². The molecule has 0 amide bonds. The Morgan fingerprint density at radius 1 is 0.756 bits per heavy atom. The number of hydrogen-bond donors (Lipinski definition) is 1. The van der Waals surface area contributed by atoms with Crippen molar-refractivity contribution in [1.82, 2.24) is 0 Å². The molecule has 0 saturated heterocycles. The van der Waals surface area contributed by atoms with E-state index in [0.717, 1.165) is 18.6 Å². The van der Waals surface area contributed by atoms with Crippen molar-refractivity contribution in [1.29, 1.82) is 0 Å². The highest BCUT2D eigenvalue weighted by Crippen LogP contribution is 2.44. The summed E-state index contributed by atoms with van der Waals surface area (Å²) in [5.41, 5.74) is 0. The van der Waals surface area contributed by atoms with Crippen LogP contribution < -0.4 is 0 Å². The number of unbranched alkanes of at least 4 members (excludes halogenated alkanes) is 14. The van der Waals surface area contributed by atoms with Crippen LogP contribution in [0.5, 0.6) is 0 Å². The molecule has 0 saturated carbocycles. The zero-order chi connectivity index (χ0) is 30.9. The van der Waals surface area contributed by atoms with Crippen LogP contribution in [-0.4, -0.2) is 52.3 Å². The molecule has 8 heteroatoms. The van der Waals surface area contributed by atoms with Crippen LogP contribution in [0.1, 0.15) is 164 Å². The highest BCUT2D eigenvalue weighted by Gasteiger charge is 2.64. The number of aliphatic hydroxyl groups is 1. The summed E-state index contributed by atoms with van der Waals surface area (Å²) < 4.78 is 30.0. The van der Waals surface area contributed by atoms with E-state index in [9.17, 15) is 14.5 Å². The molecule has 1 N–H and O–H groups in total. The van der Waals surface area contributed by atoms with Crippen LogP contribution >= 0.6 is 19.8 Å². The van der Waals surface area contributed by atoms with E-state index >= 15 is 0 Å². The predicted molar refractivity (Wildman–Crippen MR) is 176 cm³/mol. The van der Waals surface area contributed by atoms with Gasteiger partial charge in [-0.2, -0.15) is 11.8 Å². The minimum Gasteiger partial charge on any atom is -0.457 e. The first-order valence-electron chi connectivity index (χ1n) is 17.0. The van der Waals surface area contributed by atoms with E-state index in [0.29, 0.717) is 6.42 Å². The van der Waals surface area contributed by atoms with Crippen LogP contribution in [0.3, 0.4) is 0 Å². The van der Waals surface area contributed by atoms with Crippen LogP contribution in [0.25, 0.3) is 0 Å². The van der Waals surface area contributed by atoms with E-state index in [4.69, 9.17) is 14.0 Å². The molecule has 6 nitrogen and oxygen atoms in total. The molecule has 41 heavy (non-hydrogen) atoms. The average molecular weight is 622 g/mol. The van der Waals surface area contributed by atoms with Crippen LogP contribution in [0.2, 0.25) is 0 Å². The predicted octanol–water partition coefficient (Wildman–Crippen LogP) is 10.4. The van der Waals surface area contributed by atoms with Gasteiger partial charge in [0.25, 0.3) is 0 Å². The molecule has 0 heterocycles. The van der Waals surface area contributed by atoms with Crippen molar-refractivity contribution in [2.45, 2.75) is 193 Å². The minimum absolute atomic E-state index is 0.185. The Morgan fingerprint density at radius 3 is 1.73 bits per heavy atom. The van der Waals surface area contributed by atoms with Gasteiger partial charge in [-0.15, -0.1) is 4.52 Å². The van der Waals surface area contributed by atoms with Crippen LogP contribution in [-0.2, 0) is 23.4 Å². The van der Waals surface area contributed by atoms with Crippen molar-refractivity contribution in [3.05, 3.63) is 0 Å². The maximum atomic E-state index is 13.0. The van der Waals surface area contributed by atoms with Crippen LogP contribution in [0, 0.1) is 0 Å². The molecule has 0 aromatic rings. The van der Waals surface area contributed by atoms with E-state index in [2.05, 4.69) is 13.8 Å². The molecule has 5 unspecified atom stereocenters. The van der Waals surface area contributed by atoms with Gasteiger partial charge in [0.05, 0.1) is 12.2 Å². The fourth-order valence-electron chi connectivity index (χ4n) is 4.87. The number of esters is 1. The molecule has 0 spiro atoms. The van der Waals surface area contributed by atoms with Crippen molar-refractivity contribution in [2.24, 2.45) is 0 Å². The van der Waals surface area contributed by atoms with E-state index in [-0.39, 0.29) is 18.0 Å². The van der Waals surface area contributed by atoms with E-state index in [1.165, 1.54) is 96.3 Å². The fraction of sp³-hybridized carbons (Fsp3) is 0.970. The quantitative estimate of drug-likeness (QED) is 0.0505. The molecule has 0 aliphatic heterocycles. The highest BCUT2D eigenvalue weighted by atomic mass is 32.2. The standard InChI is InChI=1S/C33H66O6PS/c1-8-11-13-15-17-18-19-20-22-24-27-41-31(25-23-21-16-14-12-9-2)29(6)39-30(7)33(35,32(34)38-28(4)5)40(36)37-26-10-3/h28-31,35H,8-27H2,1-7H3/q+1. The van der Waals surface area contributed by atoms with E-state index in [1.807, 2.05) is 25.6 Å². The van der Waals surface area contributed by atoms with E-state index in [1.54, 1.807) is 20.8 Å². The lowest BCUT2D eigenvalue weighted by molar-refractivity contribution is -0.175. The van der Waals surface area contributed by atoms with Gasteiger partial charge >= 0.3 is 19.3 Å². The van der Waals surface area contributed by atoms with Gasteiger partial charge in [0, 0.05) is 5.25 Å². The Morgan fingerprint density at radius 2 is 1.24 bits per heavy atom. The number of carbonyl (C=O) groups excluding carboxylic acids is 1. The summed E-state index contributed by atoms with van der Waals surface area (Å²) in [6, 6.07) is 0. The monoisotopic (exact) mass is 621 g/mol. The van der Waals surface area contributed by atoms with Crippen molar-refractivity contribution in [3.63, 3.8) is 0 Å². The summed E-state index contributed by atoms with van der Waals surface area (Å²) in [4.78, 5) is 12.9. The molecular weight excluding hydrogens is 555 g/mol. The third-order valence-corrected chi connectivity index (χ3v) is 10.6. The second-order valence-electron chi connectivity index (χ2n) is 11.9. The number of ether oxygens (including phenoxy) is 2. The van der Waals surface area contributed by atoms with Gasteiger partial charge in [-0.1, -0.05) is 117 Å². The summed E-state index contributed by atoms with van der Waals surface area (Å²) in [6.45, 7) is 13.6. The van der Waals surface area contributed by atoms with Gasteiger partial charge in [0.15, 0.2) is 0 Å². The molecule has 0 aliphatic carbocycles. The highest BCUT2D eigenvalue weighted by molar-refractivity contribution is 7.99. The van der Waals surface area contributed by atoms with Crippen molar-refractivity contribution in [3.8, 4) is 0 Å². The summed E-state index contributed by atoms with van der Waals surface area (Å²) >= 11 is 1.94. The minimum atomic E-state index is -2.74. The fourth-order valence-corrected chi connectivity index (χ4v) is 7.32. The average Bonchev–Trinajstić information content (AvgIpc) is 2.94. The molecular formula is C33H66O6PS+. The lowest BCUT2D eigenvalue weighted by Crippen LogP contribution is -2.50. The Bertz CT molecular complexity index is 649. The maximum absolute atomic E-state index is 13.0. The summed E-state index contributed by atoms with van der Waals surface area (Å²) in [5, 5.41) is 9.27. The first kappa shape index (κ1) is 40.8. The maximum Gasteiger partial charge on any atom is 0.559 e. The molecule has 0 aliphatic rings. The first-order valence-corrected chi connectivity index (χ1v) is 19.2. The van der Waals surface area contributed by atoms with Crippen LogP contribution in [0.4, 0.5) is 0 Å². The Labute approximate surface area is 259 Å². The number of thioether (sulfide) groups is 1. The zero-order valence-electron chi connectivity index (χ0n) is 27.8. The molecule has 0 fully saturated rings. The molecule has 5 atom stereocenters. The summed E-state index contributed by atoms with van der Waals surface area (Å²) in [5.74, 6) is 0.127. The lowest BCUT2D eigenvalue weighted by atomic mass is 10.1. The van der Waals surface area contributed by atoms with Crippen LogP contribution in [0.15, 0.2) is 0 Å². The molecule has 0 bridgehead atoms. The summed E-state index contributed by atoms with van der Waals surface area (Å²) in [7, 11) is -2.74. The van der Waals surface area contributed by atoms with Gasteiger partial charge in [-0.3, -0.25) is 0 Å². The summed E-state index contributed by atoms with van der Waals surface area (Å²) in [6.07, 6.45) is 20.6. The lowest BCUT2D eigenvalue weighted by Gasteiger charge is -2.30. The molecule has 0 aromatic carbocycles. The second-order valence-corrected chi connectivity index (χ2v) is 14.7. The number of rotatable bonds is 29. The third-order valence-electron chi connectivity index (χ3n) is 7.52. The first-order chi connectivity index (χ1) is 19.6. The topological polar surface area (TPSA) is 82.1 Å². The third kappa shape index (κ3) is 18.9. The van der Waals surface area contributed by atoms with Crippen molar-refractivity contribution >= 4 is 25.8 Å². The number of hydrogen-bond acceptors (Lipinski definition) is 7. The largest absolute Gasteiger partial charge is 0.559 e. The Hall–Kier alpha value is -0.200. The molecule has 0 radical (unpaired) electrons. The number of carbonyl (C=O) groups is 1. The molecule has 0 aromatic heterocycles.